The second-order valence-corrected chi connectivity index (χ2v) is 6.56. The van der Waals surface area contributed by atoms with E-state index in [9.17, 15) is 8.42 Å². The molecule has 1 aromatic heterocycles. The van der Waals surface area contributed by atoms with Crippen LogP contribution in [0.3, 0.4) is 0 Å². The highest BCUT2D eigenvalue weighted by Crippen LogP contribution is 2.23. The van der Waals surface area contributed by atoms with Gasteiger partial charge in [0.15, 0.2) is 0 Å². The molecule has 108 valence electrons. The van der Waals surface area contributed by atoms with Gasteiger partial charge in [0.05, 0.1) is 13.3 Å². The lowest BCUT2D eigenvalue weighted by atomic mass is 10.1. The number of aromatic amines is 1. The average Bonchev–Trinajstić information content (AvgIpc) is 2.93. The molecule has 0 saturated heterocycles. The van der Waals surface area contributed by atoms with Gasteiger partial charge in [-0.3, -0.25) is 5.10 Å². The lowest BCUT2D eigenvalue weighted by Gasteiger charge is -2.18. The van der Waals surface area contributed by atoms with Crippen LogP contribution in [0.2, 0.25) is 0 Å². The number of ether oxygens (including phenoxy) is 1. The van der Waals surface area contributed by atoms with Gasteiger partial charge in [0, 0.05) is 25.4 Å². The highest BCUT2D eigenvalue weighted by molar-refractivity contribution is 7.89. The van der Waals surface area contributed by atoms with E-state index in [0.717, 1.165) is 11.1 Å². The van der Waals surface area contributed by atoms with E-state index < -0.39 is 10.0 Å². The minimum absolute atomic E-state index is 0.145. The minimum atomic E-state index is -3.55. The van der Waals surface area contributed by atoms with Crippen molar-refractivity contribution in [2.24, 2.45) is 0 Å². The summed E-state index contributed by atoms with van der Waals surface area (Å²) in [7, 11) is -0.448. The molecule has 1 N–H and O–H groups in total. The van der Waals surface area contributed by atoms with Gasteiger partial charge < -0.3 is 4.74 Å². The molecule has 0 radical (unpaired) electrons. The van der Waals surface area contributed by atoms with E-state index in [1.165, 1.54) is 23.7 Å². The topological polar surface area (TPSA) is 75.3 Å². The van der Waals surface area contributed by atoms with Crippen molar-refractivity contribution >= 4 is 10.0 Å². The Bertz CT molecular complexity index is 681. The van der Waals surface area contributed by atoms with Crippen LogP contribution >= 0.6 is 0 Å². The molecule has 20 heavy (non-hydrogen) atoms. The Morgan fingerprint density at radius 1 is 1.40 bits per heavy atom. The number of nitrogens with zero attached hydrogens (tertiary/aromatic N) is 2. The molecular formula is C13H17N3O3S. The predicted molar refractivity (Wildman–Crippen MR) is 75.0 cm³/mol. The van der Waals surface area contributed by atoms with Crippen molar-refractivity contribution in [1.82, 2.24) is 14.5 Å². The summed E-state index contributed by atoms with van der Waals surface area (Å²) in [5.74, 6) is 0.671. The molecule has 7 heteroatoms. The Balaban J connectivity index is 2.28. The first-order valence-corrected chi connectivity index (χ1v) is 7.48. The number of rotatable bonds is 5. The molecule has 0 amide bonds. The monoisotopic (exact) mass is 295 g/mol. The number of H-pyrrole nitrogens is 1. The third kappa shape index (κ3) is 2.83. The van der Waals surface area contributed by atoms with E-state index >= 15 is 0 Å². The fraction of sp³-hybridized carbons (Fsp3) is 0.308. The molecule has 0 bridgehead atoms. The normalized spacial score (nSPS) is 11.8. The number of hydrogen-bond donors (Lipinski definition) is 1. The van der Waals surface area contributed by atoms with Gasteiger partial charge in [-0.15, -0.1) is 0 Å². The second kappa shape index (κ2) is 5.64. The van der Waals surface area contributed by atoms with Gasteiger partial charge in [0.2, 0.25) is 10.0 Å². The summed E-state index contributed by atoms with van der Waals surface area (Å²) in [6.45, 7) is 2.19. The zero-order valence-electron chi connectivity index (χ0n) is 11.6. The van der Waals surface area contributed by atoms with E-state index in [1.54, 1.807) is 7.11 Å². The maximum atomic E-state index is 12.3. The first kappa shape index (κ1) is 14.5. The van der Waals surface area contributed by atoms with Gasteiger partial charge >= 0.3 is 0 Å². The molecule has 0 aliphatic carbocycles. The van der Waals surface area contributed by atoms with Crippen LogP contribution in [0.1, 0.15) is 11.1 Å². The minimum Gasteiger partial charge on any atom is -0.496 e. The molecule has 0 saturated carbocycles. The fourth-order valence-corrected chi connectivity index (χ4v) is 2.97. The highest BCUT2D eigenvalue weighted by Gasteiger charge is 2.22. The standard InChI is InChI=1S/C13H17N3O3S/c1-10-4-5-13(19-3)11(6-10)9-16(2)20(17,18)12-7-14-15-8-12/h4-8H,9H2,1-3H3,(H,14,15). The van der Waals surface area contributed by atoms with Crippen LogP contribution in [0.25, 0.3) is 0 Å². The van der Waals surface area contributed by atoms with E-state index in [2.05, 4.69) is 10.2 Å². The number of nitrogens with one attached hydrogen (secondary N) is 1. The van der Waals surface area contributed by atoms with E-state index in [4.69, 9.17) is 4.74 Å². The van der Waals surface area contributed by atoms with Crippen LogP contribution in [0.5, 0.6) is 5.75 Å². The van der Waals surface area contributed by atoms with Crippen LogP contribution in [0.4, 0.5) is 0 Å². The summed E-state index contributed by atoms with van der Waals surface area (Å²) < 4.78 is 31.2. The fourth-order valence-electron chi connectivity index (χ4n) is 1.92. The molecule has 6 nitrogen and oxygen atoms in total. The lowest BCUT2D eigenvalue weighted by Crippen LogP contribution is -2.26. The molecule has 0 atom stereocenters. The largest absolute Gasteiger partial charge is 0.496 e. The average molecular weight is 295 g/mol. The Hall–Kier alpha value is -1.86. The molecule has 1 heterocycles. The number of sulfonamides is 1. The van der Waals surface area contributed by atoms with Crippen LogP contribution in [-0.4, -0.2) is 37.1 Å². The van der Waals surface area contributed by atoms with Crippen molar-refractivity contribution in [1.29, 1.82) is 0 Å². The summed E-state index contributed by atoms with van der Waals surface area (Å²) in [6.07, 6.45) is 2.65. The van der Waals surface area contributed by atoms with Crippen molar-refractivity contribution in [2.75, 3.05) is 14.2 Å². The Kier molecular flexibility index (Phi) is 4.10. The molecule has 0 aliphatic heterocycles. The van der Waals surface area contributed by atoms with E-state index in [0.29, 0.717) is 5.75 Å². The number of benzene rings is 1. The molecule has 2 aromatic rings. The molecule has 0 unspecified atom stereocenters. The first-order chi connectivity index (χ1) is 9.45. The third-order valence-corrected chi connectivity index (χ3v) is 4.78. The van der Waals surface area contributed by atoms with Crippen LogP contribution in [-0.2, 0) is 16.6 Å². The molecule has 1 aromatic carbocycles. The van der Waals surface area contributed by atoms with Crippen molar-refractivity contribution < 1.29 is 13.2 Å². The van der Waals surface area contributed by atoms with Crippen LogP contribution < -0.4 is 4.74 Å². The molecule has 0 aliphatic rings. The molecule has 2 rings (SSSR count). The lowest BCUT2D eigenvalue weighted by molar-refractivity contribution is 0.398. The number of aryl methyl sites for hydroxylation is 1. The maximum Gasteiger partial charge on any atom is 0.246 e. The van der Waals surface area contributed by atoms with Gasteiger partial charge in [-0.25, -0.2) is 8.42 Å². The Morgan fingerprint density at radius 3 is 2.75 bits per heavy atom. The number of methoxy groups -OCH3 is 1. The SMILES string of the molecule is COc1ccc(C)cc1CN(C)S(=O)(=O)c1cn[nH]c1. The smallest absolute Gasteiger partial charge is 0.246 e. The van der Waals surface area contributed by atoms with E-state index in [1.807, 2.05) is 25.1 Å². The predicted octanol–water partition coefficient (Wildman–Crippen LogP) is 1.55. The second-order valence-electron chi connectivity index (χ2n) is 4.51. The molecule has 0 spiro atoms. The zero-order chi connectivity index (χ0) is 14.8. The third-order valence-electron chi connectivity index (χ3n) is 3.01. The summed E-state index contributed by atoms with van der Waals surface area (Å²) in [4.78, 5) is 0.145. The van der Waals surface area contributed by atoms with E-state index in [-0.39, 0.29) is 11.4 Å². The van der Waals surface area contributed by atoms with Gasteiger partial charge in [0.25, 0.3) is 0 Å². The molecule has 0 fully saturated rings. The van der Waals surface area contributed by atoms with Crippen molar-refractivity contribution in [3.63, 3.8) is 0 Å². The Labute approximate surface area is 118 Å². The maximum absolute atomic E-state index is 12.3. The highest BCUT2D eigenvalue weighted by atomic mass is 32.2. The number of aromatic nitrogens is 2. The van der Waals surface area contributed by atoms with Gasteiger partial charge in [-0.2, -0.15) is 9.40 Å². The van der Waals surface area contributed by atoms with Crippen LogP contribution in [0.15, 0.2) is 35.5 Å². The summed E-state index contributed by atoms with van der Waals surface area (Å²) in [6, 6.07) is 5.68. The number of hydrogen-bond acceptors (Lipinski definition) is 4. The van der Waals surface area contributed by atoms with Crippen LogP contribution in [0, 0.1) is 6.92 Å². The first-order valence-electron chi connectivity index (χ1n) is 6.04. The van der Waals surface area contributed by atoms with Crippen molar-refractivity contribution in [3.8, 4) is 5.75 Å². The quantitative estimate of drug-likeness (QED) is 0.908. The zero-order valence-corrected chi connectivity index (χ0v) is 12.4. The van der Waals surface area contributed by atoms with Gasteiger partial charge in [-0.1, -0.05) is 17.7 Å². The van der Waals surface area contributed by atoms with Gasteiger partial charge in [0.1, 0.15) is 10.6 Å². The molecular weight excluding hydrogens is 278 g/mol. The Morgan fingerprint density at radius 2 is 2.15 bits per heavy atom. The summed E-state index contributed by atoms with van der Waals surface area (Å²) >= 11 is 0. The summed E-state index contributed by atoms with van der Waals surface area (Å²) in [5.41, 5.74) is 1.87. The van der Waals surface area contributed by atoms with Gasteiger partial charge in [-0.05, 0) is 13.0 Å². The van der Waals surface area contributed by atoms with Crippen molar-refractivity contribution in [3.05, 3.63) is 41.7 Å². The van der Waals surface area contributed by atoms with Crippen molar-refractivity contribution in [2.45, 2.75) is 18.4 Å². The summed E-state index contributed by atoms with van der Waals surface area (Å²) in [5, 5.41) is 6.18.